The van der Waals surface area contributed by atoms with Gasteiger partial charge >= 0.3 is 6.36 Å². The normalized spacial score (nSPS) is 10.2. The lowest BCUT2D eigenvalue weighted by molar-refractivity contribution is -0.274. The number of ether oxygens (including phenoxy) is 1. The largest absolute Gasteiger partial charge is 0.573 e. The van der Waals surface area contributed by atoms with E-state index in [0.29, 0.717) is 11.8 Å². The number of aldehydes is 1. The Morgan fingerprint density at radius 3 is 2.75 bits per heavy atom. The van der Waals surface area contributed by atoms with Crippen molar-refractivity contribution in [3.8, 4) is 17.6 Å². The van der Waals surface area contributed by atoms with Crippen molar-refractivity contribution in [1.82, 2.24) is 0 Å². The van der Waals surface area contributed by atoms with Crippen LogP contribution in [0.5, 0.6) is 5.75 Å². The third-order valence-electron chi connectivity index (χ3n) is 1.49. The van der Waals surface area contributed by atoms with E-state index < -0.39 is 6.36 Å². The average Bonchev–Trinajstić information content (AvgIpc) is 2.16. The molecule has 0 unspecified atom stereocenters. The van der Waals surface area contributed by atoms with Gasteiger partial charge in [0.15, 0.2) is 0 Å². The molecule has 0 saturated heterocycles. The Kier molecular flexibility index (Phi) is 3.95. The quantitative estimate of drug-likeness (QED) is 0.574. The number of carbonyl (C=O) groups excluding carboxylic acids is 1. The van der Waals surface area contributed by atoms with Gasteiger partial charge in [-0.1, -0.05) is 17.9 Å². The molecule has 1 aromatic carbocycles. The summed E-state index contributed by atoms with van der Waals surface area (Å²) < 4.78 is 39.3. The van der Waals surface area contributed by atoms with Gasteiger partial charge in [0, 0.05) is 5.56 Å². The Labute approximate surface area is 90.0 Å². The molecule has 0 saturated carbocycles. The Morgan fingerprint density at radius 1 is 1.38 bits per heavy atom. The third-order valence-corrected chi connectivity index (χ3v) is 1.49. The van der Waals surface area contributed by atoms with Crippen LogP contribution in [-0.2, 0) is 4.79 Å². The topological polar surface area (TPSA) is 26.3 Å². The zero-order valence-electron chi connectivity index (χ0n) is 8.04. The molecule has 5 heteroatoms. The molecule has 0 atom stereocenters. The van der Waals surface area contributed by atoms with Crippen molar-refractivity contribution in [2.24, 2.45) is 0 Å². The fourth-order valence-electron chi connectivity index (χ4n) is 0.966. The van der Waals surface area contributed by atoms with Crippen LogP contribution in [0.3, 0.4) is 0 Å². The van der Waals surface area contributed by atoms with E-state index in [9.17, 15) is 18.0 Å². The maximum absolute atomic E-state index is 11.9. The third kappa shape index (κ3) is 4.51. The van der Waals surface area contributed by atoms with Crippen LogP contribution in [0.2, 0.25) is 0 Å². The van der Waals surface area contributed by atoms with E-state index in [-0.39, 0.29) is 12.2 Å². The Bertz CT molecular complexity index is 427. The summed E-state index contributed by atoms with van der Waals surface area (Å²) in [5.74, 6) is 4.70. The molecule has 0 amide bonds. The summed E-state index contributed by atoms with van der Waals surface area (Å²) in [6.07, 6.45) is -4.05. The van der Waals surface area contributed by atoms with Gasteiger partial charge in [-0.2, -0.15) is 0 Å². The van der Waals surface area contributed by atoms with Crippen molar-refractivity contribution in [3.63, 3.8) is 0 Å². The van der Waals surface area contributed by atoms with Crippen LogP contribution in [0.4, 0.5) is 13.2 Å². The van der Waals surface area contributed by atoms with E-state index in [0.717, 1.165) is 6.07 Å². The fraction of sp³-hybridized carbons (Fsp3) is 0.182. The SMILES string of the molecule is O=CCC#Cc1cccc(OC(F)(F)F)c1. The summed E-state index contributed by atoms with van der Waals surface area (Å²) in [6, 6.07) is 5.26. The van der Waals surface area contributed by atoms with Crippen molar-refractivity contribution < 1.29 is 22.7 Å². The summed E-state index contributed by atoms with van der Waals surface area (Å²) in [5, 5.41) is 0. The molecule has 0 fully saturated rings. The van der Waals surface area contributed by atoms with Crippen molar-refractivity contribution in [2.45, 2.75) is 12.8 Å². The van der Waals surface area contributed by atoms with Crippen LogP contribution in [-0.4, -0.2) is 12.6 Å². The lowest BCUT2D eigenvalue weighted by Gasteiger charge is -2.08. The highest BCUT2D eigenvalue weighted by molar-refractivity contribution is 5.55. The smallest absolute Gasteiger partial charge is 0.406 e. The van der Waals surface area contributed by atoms with E-state index >= 15 is 0 Å². The lowest BCUT2D eigenvalue weighted by atomic mass is 10.2. The van der Waals surface area contributed by atoms with Crippen molar-refractivity contribution in [1.29, 1.82) is 0 Å². The number of halogens is 3. The number of benzene rings is 1. The van der Waals surface area contributed by atoms with Gasteiger partial charge < -0.3 is 9.53 Å². The second-order valence-electron chi connectivity index (χ2n) is 2.75. The molecule has 0 heterocycles. The molecule has 0 spiro atoms. The molecular formula is C11H7F3O2. The van der Waals surface area contributed by atoms with Crippen LogP contribution in [0.15, 0.2) is 24.3 Å². The first-order valence-electron chi connectivity index (χ1n) is 4.29. The minimum atomic E-state index is -4.71. The summed E-state index contributed by atoms with van der Waals surface area (Å²) in [4.78, 5) is 9.97. The maximum atomic E-state index is 11.9. The van der Waals surface area contributed by atoms with Gasteiger partial charge in [-0.3, -0.25) is 0 Å². The summed E-state index contributed by atoms with van der Waals surface area (Å²) in [7, 11) is 0. The summed E-state index contributed by atoms with van der Waals surface area (Å²) in [6.45, 7) is 0. The molecule has 1 aromatic rings. The highest BCUT2D eigenvalue weighted by Crippen LogP contribution is 2.22. The van der Waals surface area contributed by atoms with Crippen LogP contribution in [0.1, 0.15) is 12.0 Å². The first kappa shape index (κ1) is 12.1. The molecule has 0 radical (unpaired) electrons. The van der Waals surface area contributed by atoms with E-state index in [4.69, 9.17) is 0 Å². The zero-order valence-corrected chi connectivity index (χ0v) is 8.04. The van der Waals surface area contributed by atoms with Crippen molar-refractivity contribution in [2.75, 3.05) is 0 Å². The molecule has 0 N–H and O–H groups in total. The van der Waals surface area contributed by atoms with E-state index in [2.05, 4.69) is 16.6 Å². The van der Waals surface area contributed by atoms with Gasteiger partial charge in [-0.25, -0.2) is 0 Å². The van der Waals surface area contributed by atoms with Gasteiger partial charge in [-0.15, -0.1) is 13.2 Å². The Morgan fingerprint density at radius 2 is 2.12 bits per heavy atom. The molecule has 1 rings (SSSR count). The number of hydrogen-bond donors (Lipinski definition) is 0. The lowest BCUT2D eigenvalue weighted by Crippen LogP contribution is -2.17. The van der Waals surface area contributed by atoms with Gasteiger partial charge in [0.1, 0.15) is 12.0 Å². The van der Waals surface area contributed by atoms with Gasteiger partial charge in [0.05, 0.1) is 6.42 Å². The van der Waals surface area contributed by atoms with Crippen LogP contribution < -0.4 is 4.74 Å². The van der Waals surface area contributed by atoms with Crippen LogP contribution in [0.25, 0.3) is 0 Å². The Balaban J connectivity index is 2.80. The van der Waals surface area contributed by atoms with Crippen molar-refractivity contribution in [3.05, 3.63) is 29.8 Å². The summed E-state index contributed by atoms with van der Waals surface area (Å²) >= 11 is 0. The van der Waals surface area contributed by atoms with Gasteiger partial charge in [0.2, 0.25) is 0 Å². The molecule has 16 heavy (non-hydrogen) atoms. The highest BCUT2D eigenvalue weighted by atomic mass is 19.4. The second-order valence-corrected chi connectivity index (χ2v) is 2.75. The number of alkyl halides is 3. The molecule has 0 bridgehead atoms. The minimum absolute atomic E-state index is 0.0460. The molecule has 84 valence electrons. The first-order chi connectivity index (χ1) is 7.51. The monoisotopic (exact) mass is 228 g/mol. The van der Waals surface area contributed by atoms with Crippen molar-refractivity contribution >= 4 is 6.29 Å². The Hall–Kier alpha value is -1.96. The summed E-state index contributed by atoms with van der Waals surface area (Å²) in [5.41, 5.74) is 0.364. The fourth-order valence-corrected chi connectivity index (χ4v) is 0.966. The number of rotatable bonds is 2. The predicted octanol–water partition coefficient (Wildman–Crippen LogP) is 2.53. The average molecular weight is 228 g/mol. The predicted molar refractivity (Wildman–Crippen MR) is 50.7 cm³/mol. The molecule has 2 nitrogen and oxygen atoms in total. The van der Waals surface area contributed by atoms with Crippen LogP contribution >= 0.6 is 0 Å². The molecule has 0 aliphatic carbocycles. The van der Waals surface area contributed by atoms with E-state index in [1.807, 2.05) is 0 Å². The number of hydrogen-bond acceptors (Lipinski definition) is 2. The molecule has 0 aliphatic heterocycles. The molecular weight excluding hydrogens is 221 g/mol. The zero-order chi connectivity index (χ0) is 12.0. The number of carbonyl (C=O) groups is 1. The molecule has 0 aliphatic rings. The second kappa shape index (κ2) is 5.21. The van der Waals surface area contributed by atoms with E-state index in [1.165, 1.54) is 18.2 Å². The van der Waals surface area contributed by atoms with Gasteiger partial charge in [0.25, 0.3) is 0 Å². The highest BCUT2D eigenvalue weighted by Gasteiger charge is 2.30. The van der Waals surface area contributed by atoms with Gasteiger partial charge in [-0.05, 0) is 18.2 Å². The molecule has 0 aromatic heterocycles. The first-order valence-corrected chi connectivity index (χ1v) is 4.29. The van der Waals surface area contributed by atoms with Crippen LogP contribution in [0, 0.1) is 11.8 Å². The standard InChI is InChI=1S/C11H7F3O2/c12-11(13,14)16-10-6-3-5-9(8-10)4-1-2-7-15/h3,5-8H,2H2. The minimum Gasteiger partial charge on any atom is -0.406 e. The van der Waals surface area contributed by atoms with E-state index in [1.54, 1.807) is 0 Å². The maximum Gasteiger partial charge on any atom is 0.573 e.